The van der Waals surface area contributed by atoms with Crippen LogP contribution < -0.4 is 5.32 Å². The smallest absolute Gasteiger partial charge is 0.141 e. The zero-order valence-electron chi connectivity index (χ0n) is 8.26. The first-order chi connectivity index (χ1) is 7.18. The standard InChI is InChI=1S/C11H13BrFNO/c12-11-8(13)5-7(6-10(11)15)9-3-1-2-4-14-9/h5-6,9,14-15H,1-4H2. The third-order valence-electron chi connectivity index (χ3n) is 2.74. The van der Waals surface area contributed by atoms with Gasteiger partial charge >= 0.3 is 0 Å². The molecule has 1 aliphatic heterocycles. The van der Waals surface area contributed by atoms with Crippen molar-refractivity contribution >= 4 is 15.9 Å². The van der Waals surface area contributed by atoms with E-state index in [9.17, 15) is 9.50 Å². The van der Waals surface area contributed by atoms with Crippen molar-refractivity contribution in [3.63, 3.8) is 0 Å². The molecule has 0 spiro atoms. The lowest BCUT2D eigenvalue weighted by atomic mass is 9.97. The van der Waals surface area contributed by atoms with Gasteiger partial charge in [-0.05, 0) is 53.0 Å². The number of hydrogen-bond donors (Lipinski definition) is 2. The topological polar surface area (TPSA) is 32.3 Å². The number of phenolic OH excluding ortho intramolecular Hbond substituents is 1. The van der Waals surface area contributed by atoms with Crippen LogP contribution in [0.1, 0.15) is 30.9 Å². The van der Waals surface area contributed by atoms with Crippen molar-refractivity contribution in [3.8, 4) is 5.75 Å². The van der Waals surface area contributed by atoms with Gasteiger partial charge in [0.2, 0.25) is 0 Å². The highest BCUT2D eigenvalue weighted by Crippen LogP contribution is 2.32. The van der Waals surface area contributed by atoms with E-state index in [-0.39, 0.29) is 16.3 Å². The van der Waals surface area contributed by atoms with Gasteiger partial charge in [0.1, 0.15) is 11.6 Å². The van der Waals surface area contributed by atoms with Crippen LogP contribution in [0.2, 0.25) is 0 Å². The van der Waals surface area contributed by atoms with E-state index in [1.807, 2.05) is 0 Å². The molecular weight excluding hydrogens is 261 g/mol. The average molecular weight is 274 g/mol. The van der Waals surface area contributed by atoms with Crippen molar-refractivity contribution < 1.29 is 9.50 Å². The Morgan fingerprint density at radius 2 is 2.20 bits per heavy atom. The molecule has 1 unspecified atom stereocenters. The van der Waals surface area contributed by atoms with E-state index in [1.165, 1.54) is 12.5 Å². The summed E-state index contributed by atoms with van der Waals surface area (Å²) in [5, 5.41) is 12.8. The molecule has 15 heavy (non-hydrogen) atoms. The summed E-state index contributed by atoms with van der Waals surface area (Å²) in [6.07, 6.45) is 3.32. The van der Waals surface area contributed by atoms with Gasteiger partial charge in [0.05, 0.1) is 4.47 Å². The zero-order chi connectivity index (χ0) is 10.8. The first-order valence-electron chi connectivity index (χ1n) is 5.10. The van der Waals surface area contributed by atoms with E-state index in [0.29, 0.717) is 0 Å². The van der Waals surface area contributed by atoms with Crippen molar-refractivity contribution in [3.05, 3.63) is 28.0 Å². The van der Waals surface area contributed by atoms with E-state index < -0.39 is 5.82 Å². The lowest BCUT2D eigenvalue weighted by Crippen LogP contribution is -2.26. The maximum absolute atomic E-state index is 13.4. The molecule has 0 saturated carbocycles. The first kappa shape index (κ1) is 10.9. The molecule has 0 radical (unpaired) electrons. The molecule has 0 aliphatic carbocycles. The highest BCUT2D eigenvalue weighted by Gasteiger charge is 2.17. The Hall–Kier alpha value is -0.610. The number of halogens is 2. The molecule has 1 fully saturated rings. The number of benzene rings is 1. The van der Waals surface area contributed by atoms with E-state index in [2.05, 4.69) is 21.2 Å². The molecule has 82 valence electrons. The summed E-state index contributed by atoms with van der Waals surface area (Å²) in [5.41, 5.74) is 0.827. The lowest BCUT2D eigenvalue weighted by molar-refractivity contribution is 0.406. The quantitative estimate of drug-likeness (QED) is 0.824. The van der Waals surface area contributed by atoms with Crippen LogP contribution in [0.5, 0.6) is 5.75 Å². The summed E-state index contributed by atoms with van der Waals surface area (Å²) < 4.78 is 13.5. The monoisotopic (exact) mass is 273 g/mol. The summed E-state index contributed by atoms with van der Waals surface area (Å²) in [4.78, 5) is 0. The summed E-state index contributed by atoms with van der Waals surface area (Å²) in [6, 6.07) is 3.27. The van der Waals surface area contributed by atoms with Gasteiger partial charge in [0.15, 0.2) is 0 Å². The average Bonchev–Trinajstić information content (AvgIpc) is 2.26. The molecule has 0 amide bonds. The Labute approximate surface area is 96.6 Å². The highest BCUT2D eigenvalue weighted by atomic mass is 79.9. The number of rotatable bonds is 1. The maximum Gasteiger partial charge on any atom is 0.141 e. The zero-order valence-corrected chi connectivity index (χ0v) is 9.85. The summed E-state index contributed by atoms with van der Waals surface area (Å²) in [6.45, 7) is 0.961. The van der Waals surface area contributed by atoms with Gasteiger partial charge in [-0.1, -0.05) is 6.42 Å². The summed E-state index contributed by atoms with van der Waals surface area (Å²) >= 11 is 2.99. The van der Waals surface area contributed by atoms with E-state index in [4.69, 9.17) is 0 Å². The van der Waals surface area contributed by atoms with E-state index in [0.717, 1.165) is 24.9 Å². The van der Waals surface area contributed by atoms with Crippen LogP contribution in [0, 0.1) is 5.82 Å². The molecule has 1 aliphatic rings. The van der Waals surface area contributed by atoms with Crippen molar-refractivity contribution in [2.45, 2.75) is 25.3 Å². The molecule has 0 bridgehead atoms. The number of piperidine rings is 1. The number of nitrogens with one attached hydrogen (secondary N) is 1. The SMILES string of the molecule is Oc1cc(C2CCCCN2)cc(F)c1Br. The first-order valence-corrected chi connectivity index (χ1v) is 5.89. The van der Waals surface area contributed by atoms with Gasteiger partial charge < -0.3 is 10.4 Å². The van der Waals surface area contributed by atoms with Crippen LogP contribution in [0.25, 0.3) is 0 Å². The molecule has 2 N–H and O–H groups in total. The van der Waals surface area contributed by atoms with Crippen molar-refractivity contribution in [1.29, 1.82) is 0 Å². The second-order valence-electron chi connectivity index (χ2n) is 3.84. The van der Waals surface area contributed by atoms with Crippen LogP contribution in [-0.4, -0.2) is 11.7 Å². The van der Waals surface area contributed by atoms with Crippen LogP contribution in [0.3, 0.4) is 0 Å². The van der Waals surface area contributed by atoms with Crippen molar-refractivity contribution in [2.75, 3.05) is 6.54 Å². The predicted octanol–water partition coefficient (Wildman–Crippen LogP) is 3.11. The Bertz CT molecular complexity index is 341. The van der Waals surface area contributed by atoms with Gasteiger partial charge in [-0.2, -0.15) is 0 Å². The fourth-order valence-corrected chi connectivity index (χ4v) is 2.16. The van der Waals surface area contributed by atoms with Crippen LogP contribution in [0.4, 0.5) is 4.39 Å². The Morgan fingerprint density at radius 1 is 1.40 bits per heavy atom. The second kappa shape index (κ2) is 4.49. The second-order valence-corrected chi connectivity index (χ2v) is 4.63. The van der Waals surface area contributed by atoms with Gasteiger partial charge in [-0.25, -0.2) is 4.39 Å². The molecule has 0 aromatic heterocycles. The Kier molecular flexibility index (Phi) is 3.26. The van der Waals surface area contributed by atoms with Gasteiger partial charge in [0, 0.05) is 6.04 Å². The molecule has 1 atom stereocenters. The minimum atomic E-state index is -0.405. The fourth-order valence-electron chi connectivity index (χ4n) is 1.93. The van der Waals surface area contributed by atoms with Gasteiger partial charge in [-0.15, -0.1) is 0 Å². The molecule has 1 saturated heterocycles. The number of aromatic hydroxyl groups is 1. The van der Waals surface area contributed by atoms with Crippen LogP contribution in [-0.2, 0) is 0 Å². The third-order valence-corrected chi connectivity index (χ3v) is 3.53. The number of hydrogen-bond acceptors (Lipinski definition) is 2. The largest absolute Gasteiger partial charge is 0.507 e. The van der Waals surface area contributed by atoms with Gasteiger partial charge in [0.25, 0.3) is 0 Å². The number of phenols is 1. The van der Waals surface area contributed by atoms with E-state index >= 15 is 0 Å². The fraction of sp³-hybridized carbons (Fsp3) is 0.455. The Morgan fingerprint density at radius 3 is 2.80 bits per heavy atom. The highest BCUT2D eigenvalue weighted by molar-refractivity contribution is 9.10. The maximum atomic E-state index is 13.4. The molecule has 1 aromatic carbocycles. The van der Waals surface area contributed by atoms with Gasteiger partial charge in [-0.3, -0.25) is 0 Å². The van der Waals surface area contributed by atoms with Crippen molar-refractivity contribution in [1.82, 2.24) is 5.32 Å². The van der Waals surface area contributed by atoms with E-state index in [1.54, 1.807) is 6.07 Å². The predicted molar refractivity (Wildman–Crippen MR) is 60.4 cm³/mol. The van der Waals surface area contributed by atoms with Crippen LogP contribution in [0.15, 0.2) is 16.6 Å². The molecule has 2 rings (SSSR count). The minimum Gasteiger partial charge on any atom is -0.507 e. The third kappa shape index (κ3) is 2.32. The minimum absolute atomic E-state index is 0.0302. The summed E-state index contributed by atoms with van der Waals surface area (Å²) in [5.74, 6) is -0.435. The normalized spacial score (nSPS) is 21.6. The van der Waals surface area contributed by atoms with Crippen molar-refractivity contribution in [2.24, 2.45) is 0 Å². The molecule has 1 heterocycles. The van der Waals surface area contributed by atoms with Crippen LogP contribution >= 0.6 is 15.9 Å². The molecular formula is C11H13BrFNO. The Balaban J connectivity index is 2.27. The summed E-state index contributed by atoms with van der Waals surface area (Å²) in [7, 11) is 0. The molecule has 1 aromatic rings. The lowest BCUT2D eigenvalue weighted by Gasteiger charge is -2.24. The molecule has 4 heteroatoms. The molecule has 2 nitrogen and oxygen atoms in total.